The zero-order chi connectivity index (χ0) is 14.3. The van der Waals surface area contributed by atoms with Crippen molar-refractivity contribution in [1.82, 2.24) is 15.0 Å². The molecule has 0 saturated heterocycles. The highest BCUT2D eigenvalue weighted by Gasteiger charge is 2.21. The van der Waals surface area contributed by atoms with Crippen molar-refractivity contribution in [3.8, 4) is 5.69 Å². The second-order valence-corrected chi connectivity index (χ2v) is 5.60. The van der Waals surface area contributed by atoms with E-state index in [0.717, 1.165) is 17.8 Å². The molecule has 0 saturated carbocycles. The van der Waals surface area contributed by atoms with Crippen LogP contribution in [0.2, 0.25) is 10.0 Å². The van der Waals surface area contributed by atoms with Crippen LogP contribution in [0.25, 0.3) is 5.69 Å². The molecule has 0 amide bonds. The summed E-state index contributed by atoms with van der Waals surface area (Å²) in [5, 5.41) is 9.05. The fourth-order valence-electron chi connectivity index (χ4n) is 1.84. The van der Waals surface area contributed by atoms with Crippen molar-refractivity contribution in [2.75, 3.05) is 0 Å². The number of nitrogens with zero attached hydrogens (tertiary/aromatic N) is 5. The Labute approximate surface area is 128 Å². The molecule has 104 valence electrons. The van der Waals surface area contributed by atoms with Crippen LogP contribution in [0.4, 0.5) is 11.4 Å². The number of hydrogen-bond acceptors (Lipinski definition) is 5. The number of hydrogen-bond donors (Lipinski definition) is 1. The summed E-state index contributed by atoms with van der Waals surface area (Å²) in [5.41, 5.74) is 8.47. The molecule has 1 aliphatic rings. The summed E-state index contributed by atoms with van der Waals surface area (Å²) in [6.45, 7) is 1.99. The number of rotatable bonds is 3. The Hall–Kier alpha value is -1.28. The number of benzene rings is 1. The lowest BCUT2D eigenvalue weighted by Gasteiger charge is -2.08. The topological polar surface area (TPSA) is 81.5 Å². The van der Waals surface area contributed by atoms with Crippen LogP contribution < -0.4 is 5.73 Å². The molecule has 2 heterocycles. The van der Waals surface area contributed by atoms with Crippen molar-refractivity contribution in [3.63, 3.8) is 0 Å². The molecule has 9 heteroatoms. The van der Waals surface area contributed by atoms with Crippen LogP contribution in [-0.4, -0.2) is 15.0 Å². The van der Waals surface area contributed by atoms with Crippen molar-refractivity contribution in [2.45, 2.75) is 19.4 Å². The average Bonchev–Trinajstić information content (AvgIpc) is 3.07. The Balaban J connectivity index is 2.14. The van der Waals surface area contributed by atoms with Crippen molar-refractivity contribution < 1.29 is 0 Å². The molecule has 0 aliphatic carbocycles. The maximum absolute atomic E-state index is 6.26. The SMILES string of the molecule is CCC(N)c1cn(-c2c(Cl)cc(Cl)c3c2N=S=N3)nn1. The Morgan fingerprint density at radius 1 is 1.30 bits per heavy atom. The van der Waals surface area contributed by atoms with Gasteiger partial charge in [0.05, 0.1) is 39.3 Å². The van der Waals surface area contributed by atoms with Gasteiger partial charge in [-0.3, -0.25) is 0 Å². The molecule has 1 unspecified atom stereocenters. The predicted molar refractivity (Wildman–Crippen MR) is 80.1 cm³/mol. The van der Waals surface area contributed by atoms with E-state index in [1.54, 1.807) is 16.9 Å². The summed E-state index contributed by atoms with van der Waals surface area (Å²) >= 11 is 13.4. The Bertz CT molecular complexity index is 750. The maximum Gasteiger partial charge on any atom is 0.133 e. The van der Waals surface area contributed by atoms with Crippen LogP contribution in [0.3, 0.4) is 0 Å². The third-order valence-corrected chi connectivity index (χ3v) is 4.08. The van der Waals surface area contributed by atoms with Gasteiger partial charge in [0.25, 0.3) is 0 Å². The molecule has 3 rings (SSSR count). The minimum absolute atomic E-state index is 0.154. The van der Waals surface area contributed by atoms with Gasteiger partial charge in [0.2, 0.25) is 0 Å². The third kappa shape index (κ3) is 2.16. The molecule has 0 fully saturated rings. The highest BCUT2D eigenvalue weighted by atomic mass is 35.5. The van der Waals surface area contributed by atoms with Gasteiger partial charge in [-0.15, -0.1) is 5.10 Å². The summed E-state index contributed by atoms with van der Waals surface area (Å²) in [5.74, 6) is 0. The van der Waals surface area contributed by atoms with Gasteiger partial charge in [0, 0.05) is 0 Å². The Morgan fingerprint density at radius 2 is 2.05 bits per heavy atom. The second-order valence-electron chi connectivity index (χ2n) is 4.25. The zero-order valence-corrected chi connectivity index (χ0v) is 12.7. The summed E-state index contributed by atoms with van der Waals surface area (Å²) in [6, 6.07) is 1.47. The van der Waals surface area contributed by atoms with E-state index in [2.05, 4.69) is 19.0 Å². The van der Waals surface area contributed by atoms with Gasteiger partial charge in [-0.05, 0) is 12.5 Å². The smallest absolute Gasteiger partial charge is 0.133 e. The van der Waals surface area contributed by atoms with Crippen LogP contribution in [0.1, 0.15) is 25.1 Å². The molecular weight excluding hydrogens is 319 g/mol. The first-order valence-electron chi connectivity index (χ1n) is 5.90. The van der Waals surface area contributed by atoms with Crippen LogP contribution in [0.5, 0.6) is 0 Å². The van der Waals surface area contributed by atoms with Gasteiger partial charge < -0.3 is 5.73 Å². The molecule has 1 aromatic heterocycles. The van der Waals surface area contributed by atoms with Crippen LogP contribution in [0, 0.1) is 0 Å². The van der Waals surface area contributed by atoms with Gasteiger partial charge >= 0.3 is 0 Å². The lowest BCUT2D eigenvalue weighted by molar-refractivity contribution is 0.670. The summed E-state index contributed by atoms with van der Waals surface area (Å²) in [7, 11) is 0. The Kier molecular flexibility index (Phi) is 3.59. The lowest BCUT2D eigenvalue weighted by Crippen LogP contribution is -2.08. The third-order valence-electron chi connectivity index (χ3n) is 2.98. The molecule has 20 heavy (non-hydrogen) atoms. The van der Waals surface area contributed by atoms with Crippen LogP contribution in [0.15, 0.2) is 21.0 Å². The van der Waals surface area contributed by atoms with E-state index in [-0.39, 0.29) is 6.04 Å². The van der Waals surface area contributed by atoms with Gasteiger partial charge in [0.15, 0.2) is 0 Å². The monoisotopic (exact) mass is 328 g/mol. The van der Waals surface area contributed by atoms with Crippen LogP contribution >= 0.6 is 23.2 Å². The second kappa shape index (κ2) is 5.25. The van der Waals surface area contributed by atoms with Crippen molar-refractivity contribution in [3.05, 3.63) is 28.0 Å². The highest BCUT2D eigenvalue weighted by Crippen LogP contribution is 2.46. The van der Waals surface area contributed by atoms with Crippen molar-refractivity contribution in [1.29, 1.82) is 0 Å². The highest BCUT2D eigenvalue weighted by molar-refractivity contribution is 7.58. The van der Waals surface area contributed by atoms with Crippen molar-refractivity contribution in [2.24, 2.45) is 14.5 Å². The first-order chi connectivity index (χ1) is 9.61. The fraction of sp³-hybridized carbons (Fsp3) is 0.273. The normalized spacial score (nSPS) is 14.2. The number of aromatic nitrogens is 3. The van der Waals surface area contributed by atoms with E-state index in [0.29, 0.717) is 32.8 Å². The number of fused-ring (bicyclic) bond motifs is 1. The van der Waals surface area contributed by atoms with Gasteiger partial charge in [0.1, 0.15) is 17.1 Å². The predicted octanol–water partition coefficient (Wildman–Crippen LogP) is 3.71. The standard InChI is InChI=1S/C11H10Cl2N6S/c1-2-7(14)8-4-19(18-15-8)11-6(13)3-5(12)9-10(11)17-20-16-9/h3-4,7H,2,14H2,1H3. The first-order valence-corrected chi connectivity index (χ1v) is 7.39. The molecule has 2 N–H and O–H groups in total. The van der Waals surface area contributed by atoms with Gasteiger partial charge in [-0.1, -0.05) is 35.3 Å². The molecule has 1 atom stereocenters. The minimum Gasteiger partial charge on any atom is -0.323 e. The minimum atomic E-state index is -0.154. The maximum atomic E-state index is 6.26. The lowest BCUT2D eigenvalue weighted by atomic mass is 10.2. The van der Waals surface area contributed by atoms with E-state index in [9.17, 15) is 0 Å². The Morgan fingerprint density at radius 3 is 2.80 bits per heavy atom. The zero-order valence-electron chi connectivity index (χ0n) is 10.4. The van der Waals surface area contributed by atoms with Gasteiger partial charge in [-0.2, -0.15) is 8.73 Å². The molecule has 2 aromatic rings. The van der Waals surface area contributed by atoms with Gasteiger partial charge in [-0.25, -0.2) is 4.68 Å². The quantitative estimate of drug-likeness (QED) is 0.795. The molecule has 0 spiro atoms. The fourth-order valence-corrected chi connectivity index (χ4v) is 3.04. The molecule has 0 bridgehead atoms. The van der Waals surface area contributed by atoms with E-state index in [4.69, 9.17) is 28.9 Å². The first kappa shape index (κ1) is 13.7. The summed E-state index contributed by atoms with van der Waals surface area (Å²) in [4.78, 5) is 0. The largest absolute Gasteiger partial charge is 0.323 e. The van der Waals surface area contributed by atoms with E-state index in [1.165, 1.54) is 0 Å². The van der Waals surface area contributed by atoms with E-state index >= 15 is 0 Å². The molecule has 1 aliphatic heterocycles. The number of nitrogens with two attached hydrogens (primary N) is 1. The van der Waals surface area contributed by atoms with Crippen molar-refractivity contribution >= 4 is 45.9 Å². The van der Waals surface area contributed by atoms with Crippen LogP contribution in [-0.2, 0) is 11.4 Å². The van der Waals surface area contributed by atoms with E-state index < -0.39 is 0 Å². The molecular formula is C11H10Cl2N6S. The molecule has 0 radical (unpaired) electrons. The van der Waals surface area contributed by atoms with E-state index in [1.807, 2.05) is 6.92 Å². The summed E-state index contributed by atoms with van der Waals surface area (Å²) < 4.78 is 9.95. The summed E-state index contributed by atoms with van der Waals surface area (Å²) in [6.07, 6.45) is 2.53. The molecule has 1 aromatic carbocycles. The molecule has 6 nitrogen and oxygen atoms in total. The number of halogens is 2. The average molecular weight is 329 g/mol.